The second-order valence-corrected chi connectivity index (χ2v) is 10.8. The van der Waals surface area contributed by atoms with Crippen LogP contribution >= 0.6 is 11.6 Å². The van der Waals surface area contributed by atoms with Gasteiger partial charge in [-0.05, 0) is 47.5 Å². The third-order valence-electron chi connectivity index (χ3n) is 6.08. The molecule has 0 spiro atoms. The zero-order valence-corrected chi connectivity index (χ0v) is 21.3. The molecule has 0 aliphatic carbocycles. The molecule has 1 saturated heterocycles. The van der Waals surface area contributed by atoms with Gasteiger partial charge in [-0.25, -0.2) is 17.2 Å². The Morgan fingerprint density at radius 1 is 0.944 bits per heavy atom. The smallest absolute Gasteiger partial charge is 0.249 e. The maximum Gasteiger partial charge on any atom is 0.249 e. The van der Waals surface area contributed by atoms with Gasteiger partial charge in [0, 0.05) is 37.7 Å². The average Bonchev–Trinajstić information content (AvgIpc) is 2.86. The van der Waals surface area contributed by atoms with Crippen molar-refractivity contribution in [1.29, 1.82) is 0 Å². The normalized spacial score (nSPS) is 16.1. The summed E-state index contributed by atoms with van der Waals surface area (Å²) in [7, 11) is -2.69. The van der Waals surface area contributed by atoms with E-state index in [1.807, 2.05) is 42.5 Å². The third-order valence-corrected chi connectivity index (χ3v) is 8.26. The first kappa shape index (κ1) is 26.5. The second kappa shape index (κ2) is 11.7. The average molecular weight is 537 g/mol. The SMILES string of the molecule is COc1cccc(C(CN2CCN(S(=O)(=O)c3c(F)cccc3F)CC2)OCc2cccc(Cl)c2)c1. The predicted octanol–water partition coefficient (Wildman–Crippen LogP) is 4.89. The molecule has 6 nitrogen and oxygen atoms in total. The van der Waals surface area contributed by atoms with Crippen molar-refractivity contribution in [3.63, 3.8) is 0 Å². The van der Waals surface area contributed by atoms with Crippen molar-refractivity contribution in [2.45, 2.75) is 17.6 Å². The fourth-order valence-electron chi connectivity index (χ4n) is 4.16. The Balaban J connectivity index is 1.46. The molecule has 1 unspecified atom stereocenters. The van der Waals surface area contributed by atoms with E-state index in [0.717, 1.165) is 33.6 Å². The van der Waals surface area contributed by atoms with Gasteiger partial charge in [-0.3, -0.25) is 4.90 Å². The molecule has 0 amide bonds. The molecule has 4 rings (SSSR count). The summed E-state index contributed by atoms with van der Waals surface area (Å²) >= 11 is 6.11. The number of nitrogens with zero attached hydrogens (tertiary/aromatic N) is 2. The molecule has 3 aromatic carbocycles. The fourth-order valence-corrected chi connectivity index (χ4v) is 5.91. The largest absolute Gasteiger partial charge is 0.497 e. The zero-order valence-electron chi connectivity index (χ0n) is 19.7. The van der Waals surface area contributed by atoms with Gasteiger partial charge in [0.25, 0.3) is 0 Å². The van der Waals surface area contributed by atoms with Crippen LogP contribution in [0.3, 0.4) is 0 Å². The molecule has 1 atom stereocenters. The molecule has 0 saturated carbocycles. The standard InChI is InChI=1S/C26H27ClF2N2O4S/c1-34-22-8-3-6-20(16-22)25(35-18-19-5-2-7-21(27)15-19)17-30-11-13-31(14-12-30)36(32,33)26-23(28)9-4-10-24(26)29/h2-10,15-16,25H,11-14,17-18H2,1H3. The molecule has 1 fully saturated rings. The molecule has 10 heteroatoms. The van der Waals surface area contributed by atoms with E-state index in [4.69, 9.17) is 21.1 Å². The van der Waals surface area contributed by atoms with Crippen LogP contribution in [0.25, 0.3) is 0 Å². The van der Waals surface area contributed by atoms with Crippen molar-refractivity contribution in [3.8, 4) is 5.75 Å². The third kappa shape index (κ3) is 6.22. The van der Waals surface area contributed by atoms with Gasteiger partial charge in [0.1, 0.15) is 17.4 Å². The van der Waals surface area contributed by atoms with E-state index in [9.17, 15) is 17.2 Å². The molecule has 0 bridgehead atoms. The Bertz CT molecular complexity index is 1280. The quantitative estimate of drug-likeness (QED) is 0.390. The van der Waals surface area contributed by atoms with Crippen molar-refractivity contribution >= 4 is 21.6 Å². The lowest BCUT2D eigenvalue weighted by atomic mass is 10.1. The number of benzene rings is 3. The van der Waals surface area contributed by atoms with Crippen molar-refractivity contribution in [2.24, 2.45) is 0 Å². The summed E-state index contributed by atoms with van der Waals surface area (Å²) in [5.41, 5.74) is 1.85. The Labute approximate surface area is 215 Å². The van der Waals surface area contributed by atoms with Gasteiger partial charge in [0.05, 0.1) is 19.8 Å². The summed E-state index contributed by atoms with van der Waals surface area (Å²) in [4.78, 5) is 1.17. The van der Waals surface area contributed by atoms with E-state index in [1.165, 1.54) is 0 Å². The van der Waals surface area contributed by atoms with E-state index < -0.39 is 26.6 Å². The first-order chi connectivity index (χ1) is 17.3. The van der Waals surface area contributed by atoms with Crippen LogP contribution in [-0.2, 0) is 21.4 Å². The number of halogens is 3. The molecule has 0 N–H and O–H groups in total. The predicted molar refractivity (Wildman–Crippen MR) is 134 cm³/mol. The van der Waals surface area contributed by atoms with E-state index in [2.05, 4.69) is 4.90 Å². The summed E-state index contributed by atoms with van der Waals surface area (Å²) in [6.07, 6.45) is -0.328. The lowest BCUT2D eigenvalue weighted by molar-refractivity contribution is 0.00761. The molecule has 1 heterocycles. The number of hydrogen-bond acceptors (Lipinski definition) is 5. The van der Waals surface area contributed by atoms with Crippen molar-refractivity contribution in [1.82, 2.24) is 9.21 Å². The molecular formula is C26H27ClF2N2O4S. The minimum absolute atomic E-state index is 0.106. The van der Waals surface area contributed by atoms with Gasteiger partial charge < -0.3 is 9.47 Å². The Kier molecular flexibility index (Phi) is 8.58. The van der Waals surface area contributed by atoms with Crippen molar-refractivity contribution in [3.05, 3.63) is 94.5 Å². The van der Waals surface area contributed by atoms with Crippen LogP contribution in [0.1, 0.15) is 17.2 Å². The zero-order chi connectivity index (χ0) is 25.7. The summed E-state index contributed by atoms with van der Waals surface area (Å²) in [6, 6.07) is 18.1. The van der Waals surface area contributed by atoms with Gasteiger partial charge >= 0.3 is 0 Å². The first-order valence-corrected chi connectivity index (χ1v) is 13.3. The highest BCUT2D eigenvalue weighted by atomic mass is 35.5. The number of sulfonamides is 1. The number of ether oxygens (including phenoxy) is 2. The summed E-state index contributed by atoms with van der Waals surface area (Å²) in [6.45, 7) is 1.82. The number of piperazine rings is 1. The molecule has 3 aromatic rings. The maximum absolute atomic E-state index is 14.2. The second-order valence-electron chi connectivity index (χ2n) is 8.46. The Hall–Kier alpha value is -2.56. The van der Waals surface area contributed by atoms with Crippen LogP contribution in [0.2, 0.25) is 5.02 Å². The Morgan fingerprint density at radius 2 is 1.61 bits per heavy atom. The van der Waals surface area contributed by atoms with Crippen LogP contribution in [-0.4, -0.2) is 57.5 Å². The minimum atomic E-state index is -4.29. The van der Waals surface area contributed by atoms with Crippen LogP contribution in [0.5, 0.6) is 5.75 Å². The maximum atomic E-state index is 14.2. The van der Waals surface area contributed by atoms with Gasteiger partial charge in [0.2, 0.25) is 10.0 Å². The van der Waals surface area contributed by atoms with E-state index in [-0.39, 0.29) is 19.2 Å². The molecule has 1 aliphatic rings. The number of methoxy groups -OCH3 is 1. The molecule has 0 radical (unpaired) electrons. The number of hydrogen-bond donors (Lipinski definition) is 0. The van der Waals surface area contributed by atoms with Gasteiger partial charge in [-0.1, -0.05) is 41.9 Å². The fraction of sp³-hybridized carbons (Fsp3) is 0.308. The van der Waals surface area contributed by atoms with Gasteiger partial charge in [-0.15, -0.1) is 0 Å². The van der Waals surface area contributed by atoms with E-state index >= 15 is 0 Å². The minimum Gasteiger partial charge on any atom is -0.497 e. The summed E-state index contributed by atoms with van der Waals surface area (Å²) < 4.78 is 66.9. The molecule has 1 aliphatic heterocycles. The van der Waals surface area contributed by atoms with Crippen LogP contribution in [0.15, 0.2) is 71.6 Å². The van der Waals surface area contributed by atoms with Crippen LogP contribution < -0.4 is 4.74 Å². The first-order valence-electron chi connectivity index (χ1n) is 11.4. The topological polar surface area (TPSA) is 59.1 Å². The van der Waals surface area contributed by atoms with Crippen LogP contribution in [0.4, 0.5) is 8.78 Å². The van der Waals surface area contributed by atoms with Gasteiger partial charge in [0.15, 0.2) is 4.90 Å². The highest BCUT2D eigenvalue weighted by Crippen LogP contribution is 2.27. The lowest BCUT2D eigenvalue weighted by Gasteiger charge is -2.36. The highest BCUT2D eigenvalue weighted by molar-refractivity contribution is 7.89. The monoisotopic (exact) mass is 536 g/mol. The highest BCUT2D eigenvalue weighted by Gasteiger charge is 2.33. The van der Waals surface area contributed by atoms with Crippen molar-refractivity contribution < 1.29 is 26.7 Å². The molecule has 36 heavy (non-hydrogen) atoms. The number of rotatable bonds is 9. The summed E-state index contributed by atoms with van der Waals surface area (Å²) in [5, 5.41) is 0.623. The Morgan fingerprint density at radius 3 is 2.28 bits per heavy atom. The lowest BCUT2D eigenvalue weighted by Crippen LogP contribution is -2.49. The molecule has 192 valence electrons. The van der Waals surface area contributed by atoms with Crippen LogP contribution in [0, 0.1) is 11.6 Å². The summed E-state index contributed by atoms with van der Waals surface area (Å²) in [5.74, 6) is -1.48. The molecule has 0 aromatic heterocycles. The van der Waals surface area contributed by atoms with Gasteiger partial charge in [-0.2, -0.15) is 4.31 Å². The van der Waals surface area contributed by atoms with Crippen molar-refractivity contribution in [2.75, 3.05) is 39.8 Å². The van der Waals surface area contributed by atoms with E-state index in [1.54, 1.807) is 13.2 Å². The molecular weight excluding hydrogens is 510 g/mol. The van der Waals surface area contributed by atoms with E-state index in [0.29, 0.717) is 37.0 Å².